The quantitative estimate of drug-likeness (QED) is 0.860. The van der Waals surface area contributed by atoms with Gasteiger partial charge in [0.25, 0.3) is 0 Å². The number of hydrogen-bond acceptors (Lipinski definition) is 3. The van der Waals surface area contributed by atoms with Gasteiger partial charge in [0.05, 0.1) is 5.41 Å². The van der Waals surface area contributed by atoms with Gasteiger partial charge in [0, 0.05) is 10.7 Å². The minimum absolute atomic E-state index is 0.477. The van der Waals surface area contributed by atoms with Gasteiger partial charge in [0.15, 0.2) is 0 Å². The highest BCUT2D eigenvalue weighted by Gasteiger charge is 2.46. The third kappa shape index (κ3) is 3.31. The molecule has 1 aliphatic carbocycles. The summed E-state index contributed by atoms with van der Waals surface area (Å²) in [5.74, 6) is 0. The molecular formula is C15H18ClNO3. The number of anilines is 1. The molecule has 0 aromatic heterocycles. The molecule has 1 aromatic rings. The lowest BCUT2D eigenvalue weighted by atomic mass is 9.96. The van der Waals surface area contributed by atoms with Crippen LogP contribution in [-0.2, 0) is 14.9 Å². The van der Waals surface area contributed by atoms with Crippen LogP contribution in [-0.4, -0.2) is 18.0 Å². The lowest BCUT2D eigenvalue weighted by Gasteiger charge is -2.21. The van der Waals surface area contributed by atoms with Crippen LogP contribution in [0, 0.1) is 0 Å². The van der Waals surface area contributed by atoms with Crippen LogP contribution in [0.15, 0.2) is 18.2 Å². The number of halogens is 1. The first-order valence-electron chi connectivity index (χ1n) is 6.52. The third-order valence-electron chi connectivity index (χ3n) is 3.17. The zero-order valence-electron chi connectivity index (χ0n) is 11.8. The standard InChI is InChI=1S/C15H18ClNO3/c1-14(2,3)20-13(19)17-12-8-10(16)4-5-11(12)15(9-18)6-7-15/h4-5,8-9H,6-7H2,1-3H3,(H,17,19). The Hall–Kier alpha value is -1.55. The van der Waals surface area contributed by atoms with Crippen molar-refractivity contribution in [2.24, 2.45) is 0 Å². The van der Waals surface area contributed by atoms with Gasteiger partial charge in [-0.05, 0) is 51.3 Å². The van der Waals surface area contributed by atoms with Crippen LogP contribution in [0.25, 0.3) is 0 Å². The van der Waals surface area contributed by atoms with Gasteiger partial charge in [0.1, 0.15) is 11.9 Å². The van der Waals surface area contributed by atoms with Crippen LogP contribution in [0.3, 0.4) is 0 Å². The molecule has 0 radical (unpaired) electrons. The normalized spacial score (nSPS) is 16.4. The molecule has 0 atom stereocenters. The summed E-state index contributed by atoms with van der Waals surface area (Å²) in [7, 11) is 0. The van der Waals surface area contributed by atoms with Crippen molar-refractivity contribution in [3.8, 4) is 0 Å². The Balaban J connectivity index is 2.25. The first kappa shape index (κ1) is 14.9. The predicted molar refractivity (Wildman–Crippen MR) is 78.3 cm³/mol. The van der Waals surface area contributed by atoms with Crippen LogP contribution in [0.1, 0.15) is 39.2 Å². The molecule has 2 rings (SSSR count). The van der Waals surface area contributed by atoms with E-state index in [0.29, 0.717) is 10.7 Å². The molecule has 1 aromatic carbocycles. The molecule has 1 amide bonds. The summed E-state index contributed by atoms with van der Waals surface area (Å²) in [4.78, 5) is 23.1. The summed E-state index contributed by atoms with van der Waals surface area (Å²) in [6.07, 6.45) is 1.97. The number of nitrogens with one attached hydrogen (secondary N) is 1. The van der Waals surface area contributed by atoms with Crippen LogP contribution in [0.5, 0.6) is 0 Å². The molecule has 4 nitrogen and oxygen atoms in total. The van der Waals surface area contributed by atoms with Gasteiger partial charge in [0.2, 0.25) is 0 Å². The van der Waals surface area contributed by atoms with Crippen molar-refractivity contribution in [1.82, 2.24) is 0 Å². The second-order valence-electron chi connectivity index (χ2n) is 6.09. The highest BCUT2D eigenvalue weighted by Crippen LogP contribution is 2.49. The monoisotopic (exact) mass is 295 g/mol. The van der Waals surface area contributed by atoms with Crippen molar-refractivity contribution >= 4 is 29.7 Å². The number of amides is 1. The van der Waals surface area contributed by atoms with Crippen molar-refractivity contribution in [1.29, 1.82) is 0 Å². The second kappa shape index (κ2) is 5.09. The lowest BCUT2D eigenvalue weighted by molar-refractivity contribution is -0.109. The molecule has 1 N–H and O–H groups in total. The van der Waals surface area contributed by atoms with Crippen molar-refractivity contribution in [3.05, 3.63) is 28.8 Å². The molecule has 0 unspecified atom stereocenters. The van der Waals surface area contributed by atoms with Crippen LogP contribution in [0.2, 0.25) is 5.02 Å². The Morgan fingerprint density at radius 2 is 2.05 bits per heavy atom. The van der Waals surface area contributed by atoms with Crippen molar-refractivity contribution in [2.45, 2.75) is 44.6 Å². The number of carbonyl (C=O) groups excluding carboxylic acids is 2. The van der Waals surface area contributed by atoms with Gasteiger partial charge >= 0.3 is 6.09 Å². The van der Waals surface area contributed by atoms with E-state index in [1.807, 2.05) is 0 Å². The molecule has 20 heavy (non-hydrogen) atoms. The first-order chi connectivity index (χ1) is 9.26. The minimum Gasteiger partial charge on any atom is -0.444 e. The maximum absolute atomic E-state index is 11.9. The average Bonchev–Trinajstić information content (AvgIpc) is 3.07. The van der Waals surface area contributed by atoms with Gasteiger partial charge in [-0.15, -0.1) is 0 Å². The fourth-order valence-corrected chi connectivity index (χ4v) is 2.23. The van der Waals surface area contributed by atoms with Gasteiger partial charge in [-0.25, -0.2) is 4.79 Å². The predicted octanol–water partition coefficient (Wildman–Crippen LogP) is 3.92. The van der Waals surface area contributed by atoms with Crippen LogP contribution < -0.4 is 5.32 Å². The second-order valence-corrected chi connectivity index (χ2v) is 6.53. The zero-order valence-corrected chi connectivity index (χ0v) is 12.6. The average molecular weight is 296 g/mol. The van der Waals surface area contributed by atoms with E-state index in [9.17, 15) is 9.59 Å². The molecule has 1 fully saturated rings. The number of carbonyl (C=O) groups is 2. The van der Waals surface area contributed by atoms with Crippen molar-refractivity contribution in [3.63, 3.8) is 0 Å². The molecule has 1 saturated carbocycles. The molecule has 0 heterocycles. The SMILES string of the molecule is CC(C)(C)OC(=O)Nc1cc(Cl)ccc1C1(C=O)CC1. The summed E-state index contributed by atoms with van der Waals surface area (Å²) < 4.78 is 5.22. The summed E-state index contributed by atoms with van der Waals surface area (Å²) in [6, 6.07) is 5.15. The smallest absolute Gasteiger partial charge is 0.412 e. The van der Waals surface area contributed by atoms with E-state index in [1.165, 1.54) is 0 Å². The van der Waals surface area contributed by atoms with Gasteiger partial charge in [-0.1, -0.05) is 17.7 Å². The number of hydrogen-bond donors (Lipinski definition) is 1. The number of benzene rings is 1. The zero-order chi connectivity index (χ0) is 15.0. The number of rotatable bonds is 3. The molecular weight excluding hydrogens is 278 g/mol. The molecule has 0 saturated heterocycles. The summed E-state index contributed by atoms with van der Waals surface area (Å²) >= 11 is 5.97. The largest absolute Gasteiger partial charge is 0.444 e. The van der Waals surface area contributed by atoms with Crippen molar-refractivity contribution < 1.29 is 14.3 Å². The van der Waals surface area contributed by atoms with E-state index >= 15 is 0 Å². The third-order valence-corrected chi connectivity index (χ3v) is 3.40. The highest BCUT2D eigenvalue weighted by atomic mass is 35.5. The van der Waals surface area contributed by atoms with E-state index < -0.39 is 17.1 Å². The summed E-state index contributed by atoms with van der Waals surface area (Å²) in [5.41, 5.74) is 0.277. The molecule has 0 aliphatic heterocycles. The molecule has 0 spiro atoms. The minimum atomic E-state index is -0.579. The Kier molecular flexibility index (Phi) is 3.78. The van der Waals surface area contributed by atoms with Crippen LogP contribution >= 0.6 is 11.6 Å². The van der Waals surface area contributed by atoms with E-state index in [-0.39, 0.29) is 0 Å². The lowest BCUT2D eigenvalue weighted by Crippen LogP contribution is -2.28. The topological polar surface area (TPSA) is 55.4 Å². The number of ether oxygens (including phenoxy) is 1. The Morgan fingerprint density at radius 1 is 1.40 bits per heavy atom. The molecule has 5 heteroatoms. The van der Waals surface area contributed by atoms with Gasteiger partial charge in [-0.3, -0.25) is 5.32 Å². The summed E-state index contributed by atoms with van der Waals surface area (Å²) in [5, 5.41) is 3.19. The Morgan fingerprint density at radius 3 is 2.55 bits per heavy atom. The number of aldehydes is 1. The highest BCUT2D eigenvalue weighted by molar-refractivity contribution is 6.31. The van der Waals surface area contributed by atoms with E-state index in [1.54, 1.807) is 39.0 Å². The van der Waals surface area contributed by atoms with E-state index in [2.05, 4.69) is 5.32 Å². The molecule has 108 valence electrons. The fourth-order valence-electron chi connectivity index (χ4n) is 2.05. The van der Waals surface area contributed by atoms with Gasteiger partial charge in [-0.2, -0.15) is 0 Å². The Bertz CT molecular complexity index is 545. The Labute approximate surface area is 123 Å². The maximum atomic E-state index is 11.9. The fraction of sp³-hybridized carbons (Fsp3) is 0.467. The summed E-state index contributed by atoms with van der Waals surface area (Å²) in [6.45, 7) is 5.37. The van der Waals surface area contributed by atoms with Gasteiger partial charge < -0.3 is 9.53 Å². The van der Waals surface area contributed by atoms with Crippen LogP contribution in [0.4, 0.5) is 10.5 Å². The first-order valence-corrected chi connectivity index (χ1v) is 6.90. The maximum Gasteiger partial charge on any atom is 0.412 e. The van der Waals surface area contributed by atoms with E-state index in [0.717, 1.165) is 24.7 Å². The van der Waals surface area contributed by atoms with E-state index in [4.69, 9.17) is 16.3 Å². The molecule has 0 bridgehead atoms. The molecule has 1 aliphatic rings. The van der Waals surface area contributed by atoms with Crippen molar-refractivity contribution in [2.75, 3.05) is 5.32 Å².